The number of carbonyl (C=O) groups is 1. The summed E-state index contributed by atoms with van der Waals surface area (Å²) in [7, 11) is 0. The van der Waals surface area contributed by atoms with Crippen LogP contribution in [0.25, 0.3) is 0 Å². The summed E-state index contributed by atoms with van der Waals surface area (Å²) in [6.07, 6.45) is 4.39. The molecule has 1 aliphatic heterocycles. The van der Waals surface area contributed by atoms with E-state index in [0.29, 0.717) is 12.6 Å². The molecule has 1 atom stereocenters. The highest BCUT2D eigenvalue weighted by molar-refractivity contribution is 7.13. The Morgan fingerprint density at radius 2 is 2.20 bits per heavy atom. The molecule has 3 rings (SSSR count). The van der Waals surface area contributed by atoms with Gasteiger partial charge in [0.05, 0.1) is 6.54 Å². The van der Waals surface area contributed by atoms with Crippen LogP contribution in [0.1, 0.15) is 19.8 Å². The standard InChI is InChI=1S/C14H22N4OS/c1-11(12-2-3-12)16-13(19)10-17-5-7-18(8-6-17)14-15-4-9-20-14/h4,9,11-12H,2-3,5-8,10H2,1H3,(H,16,19). The van der Waals surface area contributed by atoms with Crippen LogP contribution in [0.15, 0.2) is 11.6 Å². The van der Waals surface area contributed by atoms with E-state index in [2.05, 4.69) is 27.0 Å². The van der Waals surface area contributed by atoms with Gasteiger partial charge in [0.15, 0.2) is 5.13 Å². The van der Waals surface area contributed by atoms with Gasteiger partial charge in [-0.1, -0.05) is 0 Å². The Hall–Kier alpha value is -1.14. The van der Waals surface area contributed by atoms with Gasteiger partial charge in [0.25, 0.3) is 0 Å². The van der Waals surface area contributed by atoms with Crippen LogP contribution in [-0.4, -0.2) is 54.6 Å². The van der Waals surface area contributed by atoms with E-state index >= 15 is 0 Å². The normalized spacial score (nSPS) is 21.8. The molecule has 20 heavy (non-hydrogen) atoms. The maximum atomic E-state index is 12.0. The highest BCUT2D eigenvalue weighted by Crippen LogP contribution is 2.32. The summed E-state index contributed by atoms with van der Waals surface area (Å²) in [6, 6.07) is 0.346. The van der Waals surface area contributed by atoms with Gasteiger partial charge in [-0.3, -0.25) is 9.69 Å². The molecule has 0 aromatic carbocycles. The van der Waals surface area contributed by atoms with Crippen molar-refractivity contribution in [2.24, 2.45) is 5.92 Å². The molecule has 110 valence electrons. The number of nitrogens with zero attached hydrogens (tertiary/aromatic N) is 3. The first kappa shape index (κ1) is 13.8. The fourth-order valence-electron chi connectivity index (χ4n) is 2.69. The van der Waals surface area contributed by atoms with Gasteiger partial charge in [0, 0.05) is 43.8 Å². The Labute approximate surface area is 124 Å². The molecule has 1 saturated carbocycles. The number of rotatable bonds is 5. The summed E-state index contributed by atoms with van der Waals surface area (Å²) in [6.45, 7) is 6.44. The van der Waals surface area contributed by atoms with Gasteiger partial charge in [0.2, 0.25) is 5.91 Å². The highest BCUT2D eigenvalue weighted by atomic mass is 32.1. The van der Waals surface area contributed by atoms with Crippen molar-refractivity contribution < 1.29 is 4.79 Å². The molecule has 1 saturated heterocycles. The van der Waals surface area contributed by atoms with E-state index in [1.807, 2.05) is 11.6 Å². The largest absolute Gasteiger partial charge is 0.352 e. The molecule has 5 nitrogen and oxygen atoms in total. The molecule has 2 fully saturated rings. The minimum Gasteiger partial charge on any atom is -0.352 e. The van der Waals surface area contributed by atoms with Crippen molar-refractivity contribution >= 4 is 22.4 Å². The van der Waals surface area contributed by atoms with Gasteiger partial charge >= 0.3 is 0 Å². The van der Waals surface area contributed by atoms with Crippen molar-refractivity contribution in [3.8, 4) is 0 Å². The molecular formula is C14H22N4OS. The Kier molecular flexibility index (Phi) is 4.21. The van der Waals surface area contributed by atoms with Crippen LogP contribution < -0.4 is 10.2 Å². The first-order valence-electron chi connectivity index (χ1n) is 7.38. The van der Waals surface area contributed by atoms with Gasteiger partial charge in [0.1, 0.15) is 0 Å². The summed E-state index contributed by atoms with van der Waals surface area (Å²) in [5.41, 5.74) is 0. The molecule has 0 bridgehead atoms. The molecule has 2 aliphatic rings. The number of carbonyl (C=O) groups excluding carboxylic acids is 1. The third-order valence-electron chi connectivity index (χ3n) is 4.15. The second kappa shape index (κ2) is 6.10. The van der Waals surface area contributed by atoms with Crippen LogP contribution in [0.2, 0.25) is 0 Å². The predicted molar refractivity (Wildman–Crippen MR) is 81.1 cm³/mol. The number of hydrogen-bond donors (Lipinski definition) is 1. The minimum absolute atomic E-state index is 0.173. The molecule has 6 heteroatoms. The average Bonchev–Trinajstić information content (AvgIpc) is 3.15. The topological polar surface area (TPSA) is 48.5 Å². The molecule has 1 unspecified atom stereocenters. The Morgan fingerprint density at radius 3 is 2.80 bits per heavy atom. The number of thiazole rings is 1. The van der Waals surface area contributed by atoms with Crippen molar-refractivity contribution in [2.75, 3.05) is 37.6 Å². The van der Waals surface area contributed by atoms with Crippen molar-refractivity contribution in [1.29, 1.82) is 0 Å². The van der Waals surface area contributed by atoms with Crippen LogP contribution in [0.4, 0.5) is 5.13 Å². The molecule has 1 aromatic rings. The maximum Gasteiger partial charge on any atom is 0.234 e. The van der Waals surface area contributed by atoms with Gasteiger partial charge < -0.3 is 10.2 Å². The predicted octanol–water partition coefficient (Wildman–Crippen LogP) is 1.18. The average molecular weight is 294 g/mol. The van der Waals surface area contributed by atoms with E-state index in [0.717, 1.165) is 37.2 Å². The Morgan fingerprint density at radius 1 is 1.45 bits per heavy atom. The summed E-state index contributed by atoms with van der Waals surface area (Å²) < 4.78 is 0. The first-order valence-corrected chi connectivity index (χ1v) is 8.26. The lowest BCUT2D eigenvalue weighted by molar-refractivity contribution is -0.123. The molecule has 1 amide bonds. The molecule has 1 aliphatic carbocycles. The fourth-order valence-corrected chi connectivity index (χ4v) is 3.38. The lowest BCUT2D eigenvalue weighted by Gasteiger charge is -2.34. The van der Waals surface area contributed by atoms with Crippen molar-refractivity contribution in [2.45, 2.75) is 25.8 Å². The fraction of sp³-hybridized carbons (Fsp3) is 0.714. The Bertz CT molecular complexity index is 438. The van der Waals surface area contributed by atoms with Crippen LogP contribution >= 0.6 is 11.3 Å². The second-order valence-corrected chi connectivity index (χ2v) is 6.64. The second-order valence-electron chi connectivity index (χ2n) is 5.77. The monoisotopic (exact) mass is 294 g/mol. The zero-order valence-electron chi connectivity index (χ0n) is 11.9. The van der Waals surface area contributed by atoms with Crippen molar-refractivity contribution in [1.82, 2.24) is 15.2 Å². The van der Waals surface area contributed by atoms with Crippen molar-refractivity contribution in [3.63, 3.8) is 0 Å². The van der Waals surface area contributed by atoms with Gasteiger partial charge in [-0.2, -0.15) is 0 Å². The van der Waals surface area contributed by atoms with E-state index in [9.17, 15) is 4.79 Å². The van der Waals surface area contributed by atoms with Crippen molar-refractivity contribution in [3.05, 3.63) is 11.6 Å². The minimum atomic E-state index is 0.173. The number of piperazine rings is 1. The van der Waals surface area contributed by atoms with Crippen LogP contribution in [-0.2, 0) is 4.79 Å². The van der Waals surface area contributed by atoms with E-state index in [-0.39, 0.29) is 5.91 Å². The molecule has 1 N–H and O–H groups in total. The summed E-state index contributed by atoms with van der Waals surface area (Å²) >= 11 is 1.68. The van der Waals surface area contributed by atoms with Gasteiger partial charge in [-0.25, -0.2) is 4.98 Å². The molecule has 0 spiro atoms. The summed E-state index contributed by atoms with van der Waals surface area (Å²) in [4.78, 5) is 20.9. The van der Waals surface area contributed by atoms with Gasteiger partial charge in [-0.05, 0) is 25.7 Å². The van der Waals surface area contributed by atoms with Crippen LogP contribution in [0, 0.1) is 5.92 Å². The summed E-state index contributed by atoms with van der Waals surface area (Å²) in [5, 5.41) is 6.23. The maximum absolute atomic E-state index is 12.0. The van der Waals surface area contributed by atoms with E-state index < -0.39 is 0 Å². The molecule has 2 heterocycles. The zero-order valence-corrected chi connectivity index (χ0v) is 12.7. The van der Waals surface area contributed by atoms with E-state index in [4.69, 9.17) is 0 Å². The third kappa shape index (κ3) is 3.49. The highest BCUT2D eigenvalue weighted by Gasteiger charge is 2.29. The van der Waals surface area contributed by atoms with Crippen LogP contribution in [0.3, 0.4) is 0 Å². The smallest absolute Gasteiger partial charge is 0.234 e. The lowest BCUT2D eigenvalue weighted by atomic mass is 10.2. The number of nitrogens with one attached hydrogen (secondary N) is 1. The lowest BCUT2D eigenvalue weighted by Crippen LogP contribution is -2.50. The SMILES string of the molecule is CC(NC(=O)CN1CCN(c2nccs2)CC1)C1CC1. The van der Waals surface area contributed by atoms with E-state index in [1.165, 1.54) is 12.8 Å². The summed E-state index contributed by atoms with van der Waals surface area (Å²) in [5.74, 6) is 0.896. The molecule has 0 radical (unpaired) electrons. The third-order valence-corrected chi connectivity index (χ3v) is 4.98. The molecule has 1 aromatic heterocycles. The number of hydrogen-bond acceptors (Lipinski definition) is 5. The Balaban J connectivity index is 1.40. The quantitative estimate of drug-likeness (QED) is 0.886. The van der Waals surface area contributed by atoms with E-state index in [1.54, 1.807) is 11.3 Å². The van der Waals surface area contributed by atoms with Crippen LogP contribution in [0.5, 0.6) is 0 Å². The molecular weight excluding hydrogens is 272 g/mol. The number of anilines is 1. The number of aromatic nitrogens is 1. The first-order chi connectivity index (χ1) is 9.72. The van der Waals surface area contributed by atoms with Gasteiger partial charge in [-0.15, -0.1) is 11.3 Å². The zero-order chi connectivity index (χ0) is 13.9. The number of amides is 1.